The minimum absolute atomic E-state index is 0.245. The van der Waals surface area contributed by atoms with Gasteiger partial charge in [-0.1, -0.05) is 23.7 Å². The van der Waals surface area contributed by atoms with Gasteiger partial charge in [0.05, 0.1) is 17.5 Å². The summed E-state index contributed by atoms with van der Waals surface area (Å²) in [4.78, 5) is 24.5. The lowest BCUT2D eigenvalue weighted by molar-refractivity contribution is -0.128. The van der Waals surface area contributed by atoms with Crippen molar-refractivity contribution in [1.29, 1.82) is 0 Å². The van der Waals surface area contributed by atoms with Crippen molar-refractivity contribution < 1.29 is 18.7 Å². The van der Waals surface area contributed by atoms with Gasteiger partial charge >= 0.3 is 0 Å². The summed E-state index contributed by atoms with van der Waals surface area (Å²) in [5, 5.41) is 7.19. The molecule has 0 saturated heterocycles. The summed E-state index contributed by atoms with van der Waals surface area (Å²) in [7, 11) is 0. The molecule has 28 heavy (non-hydrogen) atoms. The number of H-pyrrole nitrogens is 1. The van der Waals surface area contributed by atoms with Crippen LogP contribution >= 0.6 is 11.6 Å². The number of benzene rings is 2. The zero-order valence-corrected chi connectivity index (χ0v) is 15.5. The van der Waals surface area contributed by atoms with E-state index in [1.165, 1.54) is 37.4 Å². The van der Waals surface area contributed by atoms with Gasteiger partial charge in [-0.15, -0.1) is 0 Å². The van der Waals surface area contributed by atoms with E-state index in [4.69, 9.17) is 16.3 Å². The molecule has 3 rings (SSSR count). The molecular formula is C19H16ClFN4O3. The molecule has 0 bridgehead atoms. The molecule has 2 aromatic carbocycles. The first kappa shape index (κ1) is 19.4. The molecule has 0 radical (unpaired) electrons. The Bertz CT molecular complexity index is 974. The number of hydrogen-bond donors (Lipinski definition) is 3. The normalized spacial score (nSPS) is 11.5. The maximum Gasteiger partial charge on any atom is 0.279 e. The second-order valence-electron chi connectivity index (χ2n) is 5.82. The van der Waals surface area contributed by atoms with E-state index in [9.17, 15) is 14.0 Å². The van der Waals surface area contributed by atoms with Gasteiger partial charge in [0.1, 0.15) is 11.6 Å². The lowest BCUT2D eigenvalue weighted by atomic mass is 10.1. The van der Waals surface area contributed by atoms with Crippen LogP contribution in [-0.2, 0) is 4.79 Å². The van der Waals surface area contributed by atoms with E-state index in [-0.39, 0.29) is 5.56 Å². The second-order valence-corrected chi connectivity index (χ2v) is 6.26. The lowest BCUT2D eigenvalue weighted by Crippen LogP contribution is -2.47. The highest BCUT2D eigenvalue weighted by atomic mass is 35.5. The Balaban J connectivity index is 1.59. The minimum Gasteiger partial charge on any atom is -0.481 e. The van der Waals surface area contributed by atoms with E-state index in [0.29, 0.717) is 22.0 Å². The molecular weight excluding hydrogens is 387 g/mol. The highest BCUT2D eigenvalue weighted by Gasteiger charge is 2.19. The van der Waals surface area contributed by atoms with Crippen molar-refractivity contribution in [1.82, 2.24) is 21.0 Å². The third-order valence-electron chi connectivity index (χ3n) is 3.81. The fourth-order valence-electron chi connectivity index (χ4n) is 2.35. The van der Waals surface area contributed by atoms with Gasteiger partial charge in [0.25, 0.3) is 11.8 Å². The molecule has 2 amide bonds. The minimum atomic E-state index is -0.911. The van der Waals surface area contributed by atoms with Crippen LogP contribution in [0.15, 0.2) is 54.7 Å². The van der Waals surface area contributed by atoms with Gasteiger partial charge in [-0.05, 0) is 43.3 Å². The average molecular weight is 403 g/mol. The first-order chi connectivity index (χ1) is 13.4. The SMILES string of the molecule is CC(Oc1ccc(F)cc1)C(=O)NNC(=O)c1cn[nH]c1-c1ccc(Cl)cc1. The molecule has 7 nitrogen and oxygen atoms in total. The van der Waals surface area contributed by atoms with Gasteiger partial charge in [0.15, 0.2) is 6.10 Å². The Morgan fingerprint density at radius 3 is 2.46 bits per heavy atom. The third-order valence-corrected chi connectivity index (χ3v) is 4.06. The maximum absolute atomic E-state index is 12.9. The van der Waals surface area contributed by atoms with E-state index >= 15 is 0 Å². The quantitative estimate of drug-likeness (QED) is 0.571. The highest BCUT2D eigenvalue weighted by Crippen LogP contribution is 2.22. The predicted octanol–water partition coefficient (Wildman–Crippen LogP) is 3.10. The molecule has 0 aliphatic carbocycles. The topological polar surface area (TPSA) is 96.1 Å². The molecule has 1 atom stereocenters. The van der Waals surface area contributed by atoms with Crippen LogP contribution in [0.25, 0.3) is 11.3 Å². The van der Waals surface area contributed by atoms with Crippen molar-refractivity contribution in [2.75, 3.05) is 0 Å². The number of rotatable bonds is 5. The van der Waals surface area contributed by atoms with Crippen LogP contribution in [0.4, 0.5) is 4.39 Å². The molecule has 1 unspecified atom stereocenters. The Labute approximate surface area is 164 Å². The number of halogens is 2. The average Bonchev–Trinajstić information content (AvgIpc) is 3.18. The summed E-state index contributed by atoms with van der Waals surface area (Å²) in [6, 6.07) is 12.1. The number of nitrogens with zero attached hydrogens (tertiary/aromatic N) is 1. The summed E-state index contributed by atoms with van der Waals surface area (Å²) in [6.07, 6.45) is 0.440. The van der Waals surface area contributed by atoms with Gasteiger partial charge < -0.3 is 4.74 Å². The molecule has 0 spiro atoms. The summed E-state index contributed by atoms with van der Waals surface area (Å²) in [5.74, 6) is -1.21. The highest BCUT2D eigenvalue weighted by molar-refractivity contribution is 6.30. The first-order valence-corrected chi connectivity index (χ1v) is 8.63. The molecule has 144 valence electrons. The van der Waals surface area contributed by atoms with Gasteiger partial charge in [-0.2, -0.15) is 5.10 Å². The number of hydrazine groups is 1. The van der Waals surface area contributed by atoms with Crippen LogP contribution in [0.3, 0.4) is 0 Å². The van der Waals surface area contributed by atoms with Crippen LogP contribution in [0.5, 0.6) is 5.75 Å². The van der Waals surface area contributed by atoms with Crippen molar-refractivity contribution in [2.24, 2.45) is 0 Å². The lowest BCUT2D eigenvalue weighted by Gasteiger charge is -2.15. The number of ether oxygens (including phenoxy) is 1. The first-order valence-electron chi connectivity index (χ1n) is 8.26. The fourth-order valence-corrected chi connectivity index (χ4v) is 2.48. The number of carbonyl (C=O) groups excluding carboxylic acids is 2. The van der Waals surface area contributed by atoms with E-state index < -0.39 is 23.7 Å². The number of aromatic amines is 1. The van der Waals surface area contributed by atoms with Crippen molar-refractivity contribution in [3.63, 3.8) is 0 Å². The largest absolute Gasteiger partial charge is 0.481 e. The predicted molar refractivity (Wildman–Crippen MR) is 101 cm³/mol. The molecule has 9 heteroatoms. The summed E-state index contributed by atoms with van der Waals surface area (Å²) < 4.78 is 18.3. The van der Waals surface area contributed by atoms with Crippen molar-refractivity contribution in [3.8, 4) is 17.0 Å². The van der Waals surface area contributed by atoms with Crippen LogP contribution in [-0.4, -0.2) is 28.1 Å². The Kier molecular flexibility index (Phi) is 5.90. The van der Waals surface area contributed by atoms with Crippen LogP contribution < -0.4 is 15.6 Å². The molecule has 3 aromatic rings. The number of hydrogen-bond acceptors (Lipinski definition) is 4. The zero-order chi connectivity index (χ0) is 20.1. The second kappa shape index (κ2) is 8.53. The maximum atomic E-state index is 12.9. The van der Waals surface area contributed by atoms with E-state index in [1.807, 2.05) is 0 Å². The molecule has 0 saturated carbocycles. The van der Waals surface area contributed by atoms with E-state index in [1.54, 1.807) is 24.3 Å². The monoisotopic (exact) mass is 402 g/mol. The van der Waals surface area contributed by atoms with E-state index in [2.05, 4.69) is 21.0 Å². The number of aromatic nitrogens is 2. The van der Waals surface area contributed by atoms with Crippen molar-refractivity contribution >= 4 is 23.4 Å². The molecule has 3 N–H and O–H groups in total. The Morgan fingerprint density at radius 2 is 1.79 bits per heavy atom. The van der Waals surface area contributed by atoms with Crippen LogP contribution in [0, 0.1) is 5.82 Å². The standard InChI is InChI=1S/C19H16ClFN4O3/c1-11(28-15-8-6-14(21)7-9-15)18(26)24-25-19(27)16-10-22-23-17(16)12-2-4-13(20)5-3-12/h2-11H,1H3,(H,22,23)(H,24,26)(H,25,27). The van der Waals surface area contributed by atoms with Gasteiger partial charge in [0.2, 0.25) is 0 Å². The number of amides is 2. The molecule has 1 aromatic heterocycles. The summed E-state index contributed by atoms with van der Waals surface area (Å²) >= 11 is 5.87. The summed E-state index contributed by atoms with van der Waals surface area (Å²) in [6.45, 7) is 1.50. The molecule has 0 aliphatic heterocycles. The molecule has 1 heterocycles. The smallest absolute Gasteiger partial charge is 0.279 e. The number of nitrogens with one attached hydrogen (secondary N) is 3. The fraction of sp³-hybridized carbons (Fsp3) is 0.105. The number of carbonyl (C=O) groups is 2. The third kappa shape index (κ3) is 4.66. The summed E-state index contributed by atoms with van der Waals surface area (Å²) in [5.41, 5.74) is 6.05. The zero-order valence-electron chi connectivity index (χ0n) is 14.7. The van der Waals surface area contributed by atoms with Crippen molar-refractivity contribution in [2.45, 2.75) is 13.0 Å². The van der Waals surface area contributed by atoms with Crippen molar-refractivity contribution in [3.05, 3.63) is 71.1 Å². The Hall–Kier alpha value is -3.39. The van der Waals surface area contributed by atoms with Crippen LogP contribution in [0.1, 0.15) is 17.3 Å². The molecule has 0 aliphatic rings. The van der Waals surface area contributed by atoms with Crippen LogP contribution in [0.2, 0.25) is 5.02 Å². The van der Waals surface area contributed by atoms with E-state index in [0.717, 1.165) is 0 Å². The van der Waals surface area contributed by atoms with Gasteiger partial charge in [-0.3, -0.25) is 25.5 Å². The van der Waals surface area contributed by atoms with Gasteiger partial charge in [-0.25, -0.2) is 4.39 Å². The Morgan fingerprint density at radius 1 is 1.11 bits per heavy atom. The van der Waals surface area contributed by atoms with Gasteiger partial charge in [0, 0.05) is 10.6 Å². The molecule has 0 fully saturated rings.